The molecule has 0 aliphatic rings. The monoisotopic (exact) mass is 321 g/mol. The molecule has 0 fully saturated rings. The number of ether oxygens (including phenoxy) is 2. The highest BCUT2D eigenvalue weighted by Crippen LogP contribution is 2.27. The van der Waals surface area contributed by atoms with Gasteiger partial charge in [0.2, 0.25) is 0 Å². The van der Waals surface area contributed by atoms with Gasteiger partial charge in [-0.1, -0.05) is 36.4 Å². The number of methoxy groups -OCH3 is 1. The first kappa shape index (κ1) is 18.3. The molecule has 0 aliphatic heterocycles. The van der Waals surface area contributed by atoms with Crippen LogP contribution in [0.3, 0.4) is 0 Å². The number of benzene rings is 2. The summed E-state index contributed by atoms with van der Waals surface area (Å²) in [5, 5.41) is 3.46. The summed E-state index contributed by atoms with van der Waals surface area (Å²) >= 11 is 0. The summed E-state index contributed by atoms with van der Waals surface area (Å²) in [6, 6.07) is 16.6. The van der Waals surface area contributed by atoms with E-state index in [1.165, 1.54) is 11.1 Å². The van der Waals surface area contributed by atoms with Crippen LogP contribution in [0.1, 0.15) is 18.1 Å². The fourth-order valence-corrected chi connectivity index (χ4v) is 2.21. The molecule has 0 heterocycles. The van der Waals surface area contributed by atoms with Gasteiger partial charge in [0, 0.05) is 6.54 Å². The summed E-state index contributed by atoms with van der Waals surface area (Å²) in [5.74, 6) is 1.59. The highest BCUT2D eigenvalue weighted by atomic mass is 35.5. The molecule has 0 unspecified atom stereocenters. The lowest BCUT2D eigenvalue weighted by Gasteiger charge is -2.11. The zero-order chi connectivity index (χ0) is 14.9. The molecule has 0 radical (unpaired) electrons. The summed E-state index contributed by atoms with van der Waals surface area (Å²) in [5.41, 5.74) is 2.55. The normalized spacial score (nSPS) is 9.91. The van der Waals surface area contributed by atoms with Gasteiger partial charge >= 0.3 is 0 Å². The van der Waals surface area contributed by atoms with E-state index < -0.39 is 0 Å². The molecule has 0 spiro atoms. The van der Waals surface area contributed by atoms with E-state index in [1.807, 2.05) is 25.1 Å². The molecule has 0 atom stereocenters. The van der Waals surface area contributed by atoms with Gasteiger partial charge in [-0.3, -0.25) is 0 Å². The van der Waals surface area contributed by atoms with Gasteiger partial charge in [0.1, 0.15) is 0 Å². The molecule has 1 N–H and O–H groups in total. The summed E-state index contributed by atoms with van der Waals surface area (Å²) < 4.78 is 10.9. The van der Waals surface area contributed by atoms with Crippen molar-refractivity contribution < 1.29 is 9.47 Å². The minimum absolute atomic E-state index is 0. The Bertz CT molecular complexity index is 546. The van der Waals surface area contributed by atoms with Gasteiger partial charge in [0.15, 0.2) is 11.5 Å². The average Bonchev–Trinajstić information content (AvgIpc) is 2.54. The van der Waals surface area contributed by atoms with Crippen LogP contribution in [-0.2, 0) is 13.0 Å². The van der Waals surface area contributed by atoms with Crippen LogP contribution in [0.15, 0.2) is 48.5 Å². The van der Waals surface area contributed by atoms with Gasteiger partial charge in [-0.05, 0) is 43.1 Å². The third kappa shape index (κ3) is 5.58. The largest absolute Gasteiger partial charge is 0.493 e. The Morgan fingerprint density at radius 1 is 0.955 bits per heavy atom. The smallest absolute Gasteiger partial charge is 0.161 e. The molecule has 2 aromatic rings. The molecule has 4 heteroatoms. The lowest BCUT2D eigenvalue weighted by molar-refractivity contribution is 0.310. The maximum Gasteiger partial charge on any atom is 0.161 e. The number of hydrogen-bond donors (Lipinski definition) is 1. The molecule has 0 aliphatic carbocycles. The minimum atomic E-state index is 0. The van der Waals surface area contributed by atoms with Crippen LogP contribution in [0, 0.1) is 0 Å². The molecule has 3 nitrogen and oxygen atoms in total. The molecular weight excluding hydrogens is 298 g/mol. The van der Waals surface area contributed by atoms with E-state index in [2.05, 4.69) is 35.6 Å². The third-order valence-electron chi connectivity index (χ3n) is 3.29. The fraction of sp³-hybridized carbons (Fsp3) is 0.333. The lowest BCUT2D eigenvalue weighted by atomic mass is 10.1. The van der Waals surface area contributed by atoms with E-state index in [4.69, 9.17) is 9.47 Å². The van der Waals surface area contributed by atoms with Gasteiger partial charge in [-0.25, -0.2) is 0 Å². The number of hydrogen-bond acceptors (Lipinski definition) is 3. The first-order chi connectivity index (χ1) is 10.3. The van der Waals surface area contributed by atoms with Crippen molar-refractivity contribution in [3.05, 3.63) is 59.7 Å². The summed E-state index contributed by atoms with van der Waals surface area (Å²) in [7, 11) is 1.67. The topological polar surface area (TPSA) is 30.5 Å². The molecule has 2 rings (SSSR count). The van der Waals surface area contributed by atoms with E-state index in [-0.39, 0.29) is 12.4 Å². The predicted octanol–water partition coefficient (Wildman–Crippen LogP) is 3.85. The first-order valence-corrected chi connectivity index (χ1v) is 7.38. The highest BCUT2D eigenvalue weighted by Gasteiger charge is 2.04. The third-order valence-corrected chi connectivity index (χ3v) is 3.29. The molecule has 120 valence electrons. The quantitative estimate of drug-likeness (QED) is 0.749. The van der Waals surface area contributed by atoms with E-state index in [0.717, 1.165) is 31.0 Å². The Kier molecular flexibility index (Phi) is 8.41. The first-order valence-electron chi connectivity index (χ1n) is 7.38. The summed E-state index contributed by atoms with van der Waals surface area (Å²) in [4.78, 5) is 0. The Morgan fingerprint density at radius 2 is 1.73 bits per heavy atom. The fourth-order valence-electron chi connectivity index (χ4n) is 2.21. The maximum atomic E-state index is 5.52. The van der Waals surface area contributed by atoms with Crippen molar-refractivity contribution in [1.82, 2.24) is 5.32 Å². The van der Waals surface area contributed by atoms with E-state index >= 15 is 0 Å². The Morgan fingerprint density at radius 3 is 2.41 bits per heavy atom. The molecule has 0 bridgehead atoms. The Balaban J connectivity index is 0.00000242. The van der Waals surface area contributed by atoms with E-state index in [9.17, 15) is 0 Å². The van der Waals surface area contributed by atoms with Gasteiger partial charge in [-0.15, -0.1) is 12.4 Å². The number of halogens is 1. The van der Waals surface area contributed by atoms with Crippen molar-refractivity contribution in [1.29, 1.82) is 0 Å². The molecule has 0 saturated carbocycles. The maximum absolute atomic E-state index is 5.52. The van der Waals surface area contributed by atoms with Crippen molar-refractivity contribution in [2.75, 3.05) is 20.3 Å². The zero-order valence-corrected chi connectivity index (χ0v) is 14.0. The zero-order valence-electron chi connectivity index (χ0n) is 13.2. The minimum Gasteiger partial charge on any atom is -0.493 e. The van der Waals surface area contributed by atoms with Crippen molar-refractivity contribution in [3.63, 3.8) is 0 Å². The van der Waals surface area contributed by atoms with Gasteiger partial charge in [-0.2, -0.15) is 0 Å². The second-order valence-electron chi connectivity index (χ2n) is 4.83. The van der Waals surface area contributed by atoms with Crippen molar-refractivity contribution >= 4 is 12.4 Å². The molecule has 0 aromatic heterocycles. The van der Waals surface area contributed by atoms with E-state index in [0.29, 0.717) is 6.61 Å². The van der Waals surface area contributed by atoms with Crippen LogP contribution in [0.5, 0.6) is 11.5 Å². The highest BCUT2D eigenvalue weighted by molar-refractivity contribution is 5.85. The standard InChI is InChI=1S/C18H23NO2.ClH/c1-3-21-17-10-9-16(13-18(17)20-2)14-19-12-11-15-7-5-4-6-8-15;/h4-10,13,19H,3,11-12,14H2,1-2H3;1H. The van der Waals surface area contributed by atoms with Gasteiger partial charge in [0.05, 0.1) is 13.7 Å². The Hall–Kier alpha value is -1.71. The van der Waals surface area contributed by atoms with Crippen LogP contribution in [-0.4, -0.2) is 20.3 Å². The molecular formula is C18H24ClNO2. The van der Waals surface area contributed by atoms with E-state index in [1.54, 1.807) is 7.11 Å². The van der Waals surface area contributed by atoms with Crippen molar-refractivity contribution in [2.24, 2.45) is 0 Å². The van der Waals surface area contributed by atoms with Crippen LogP contribution >= 0.6 is 12.4 Å². The summed E-state index contributed by atoms with van der Waals surface area (Å²) in [6.45, 7) is 4.40. The lowest BCUT2D eigenvalue weighted by Crippen LogP contribution is -2.16. The van der Waals surface area contributed by atoms with Crippen LogP contribution in [0.2, 0.25) is 0 Å². The second kappa shape index (κ2) is 10.1. The number of rotatable bonds is 8. The van der Waals surface area contributed by atoms with Crippen molar-refractivity contribution in [3.8, 4) is 11.5 Å². The second-order valence-corrected chi connectivity index (χ2v) is 4.83. The summed E-state index contributed by atoms with van der Waals surface area (Å²) in [6.07, 6.45) is 1.04. The average molecular weight is 322 g/mol. The van der Waals surface area contributed by atoms with Gasteiger partial charge < -0.3 is 14.8 Å². The molecule has 0 saturated heterocycles. The van der Waals surface area contributed by atoms with Gasteiger partial charge in [0.25, 0.3) is 0 Å². The van der Waals surface area contributed by atoms with Crippen LogP contribution < -0.4 is 14.8 Å². The Labute approximate surface area is 139 Å². The van der Waals surface area contributed by atoms with Crippen LogP contribution in [0.4, 0.5) is 0 Å². The molecule has 22 heavy (non-hydrogen) atoms. The SMILES string of the molecule is CCOc1ccc(CNCCc2ccccc2)cc1OC.Cl. The molecule has 0 amide bonds. The van der Waals surface area contributed by atoms with Crippen LogP contribution in [0.25, 0.3) is 0 Å². The predicted molar refractivity (Wildman–Crippen MR) is 93.3 cm³/mol. The number of nitrogens with one attached hydrogen (secondary N) is 1. The van der Waals surface area contributed by atoms with Crippen molar-refractivity contribution in [2.45, 2.75) is 19.9 Å². The molecule has 2 aromatic carbocycles.